The van der Waals surface area contributed by atoms with Crippen LogP contribution >= 0.6 is 0 Å². The van der Waals surface area contributed by atoms with Crippen molar-refractivity contribution in [2.24, 2.45) is 0 Å². The molecule has 56 valence electrons. The number of nitriles is 1. The molecule has 0 unspecified atom stereocenters. The molecule has 0 radical (unpaired) electrons. The van der Waals surface area contributed by atoms with E-state index >= 15 is 0 Å². The highest BCUT2D eigenvalue weighted by atomic mass is 19.1. The second kappa shape index (κ2) is 3.16. The molecule has 0 amide bonds. The predicted molar refractivity (Wildman–Crippen MR) is 40.7 cm³/mol. The lowest BCUT2D eigenvalue weighted by Gasteiger charge is -1.99. The van der Waals surface area contributed by atoms with Gasteiger partial charge in [-0.05, 0) is 24.6 Å². The molecule has 11 heavy (non-hydrogen) atoms. The van der Waals surface area contributed by atoms with E-state index in [4.69, 9.17) is 5.26 Å². The van der Waals surface area contributed by atoms with Gasteiger partial charge in [0, 0.05) is 0 Å². The number of benzene rings is 1. The molecule has 0 N–H and O–H groups in total. The van der Waals surface area contributed by atoms with Gasteiger partial charge in [-0.1, -0.05) is 12.1 Å². The Morgan fingerprint density at radius 2 is 1.91 bits per heavy atom. The van der Waals surface area contributed by atoms with Gasteiger partial charge in [0.2, 0.25) is 0 Å². The first kappa shape index (κ1) is 7.74. The second-order valence-corrected chi connectivity index (χ2v) is 2.35. The van der Waals surface area contributed by atoms with Crippen molar-refractivity contribution >= 4 is 0 Å². The van der Waals surface area contributed by atoms with E-state index in [1.54, 1.807) is 24.3 Å². The molecule has 1 atom stereocenters. The molecule has 0 saturated heterocycles. The van der Waals surface area contributed by atoms with Crippen molar-refractivity contribution in [2.45, 2.75) is 13.1 Å². The fourth-order valence-electron chi connectivity index (χ4n) is 0.823. The second-order valence-electron chi connectivity index (χ2n) is 2.35. The van der Waals surface area contributed by atoms with Crippen LogP contribution in [0.5, 0.6) is 0 Å². The topological polar surface area (TPSA) is 23.8 Å². The van der Waals surface area contributed by atoms with Crippen molar-refractivity contribution in [3.63, 3.8) is 0 Å². The van der Waals surface area contributed by atoms with Gasteiger partial charge in [0.1, 0.15) is 6.17 Å². The Morgan fingerprint density at radius 3 is 2.27 bits per heavy atom. The molecule has 0 saturated carbocycles. The molecular formula is C9H8FN. The number of nitrogens with zero attached hydrogens (tertiary/aromatic N) is 1. The minimum absolute atomic E-state index is 0.564. The van der Waals surface area contributed by atoms with Crippen molar-refractivity contribution in [2.75, 3.05) is 0 Å². The van der Waals surface area contributed by atoms with E-state index in [9.17, 15) is 4.39 Å². The monoisotopic (exact) mass is 149 g/mol. The molecular weight excluding hydrogens is 141 g/mol. The van der Waals surface area contributed by atoms with Crippen LogP contribution in [0.1, 0.15) is 24.2 Å². The van der Waals surface area contributed by atoms with E-state index in [2.05, 4.69) is 0 Å². The average molecular weight is 149 g/mol. The van der Waals surface area contributed by atoms with Crippen molar-refractivity contribution in [1.82, 2.24) is 0 Å². The summed E-state index contributed by atoms with van der Waals surface area (Å²) in [6, 6.07) is 8.46. The normalized spacial score (nSPS) is 12.1. The number of hydrogen-bond acceptors (Lipinski definition) is 1. The van der Waals surface area contributed by atoms with Crippen LogP contribution in [0.3, 0.4) is 0 Å². The molecule has 1 aromatic rings. The zero-order valence-electron chi connectivity index (χ0n) is 6.21. The van der Waals surface area contributed by atoms with Crippen LogP contribution in [-0.4, -0.2) is 0 Å². The van der Waals surface area contributed by atoms with Gasteiger partial charge in [0.05, 0.1) is 11.6 Å². The van der Waals surface area contributed by atoms with Gasteiger partial charge in [-0.25, -0.2) is 4.39 Å². The van der Waals surface area contributed by atoms with Gasteiger partial charge in [-0.3, -0.25) is 0 Å². The van der Waals surface area contributed by atoms with Crippen LogP contribution in [-0.2, 0) is 0 Å². The van der Waals surface area contributed by atoms with Crippen molar-refractivity contribution in [3.8, 4) is 6.07 Å². The van der Waals surface area contributed by atoms with Gasteiger partial charge in [0.25, 0.3) is 0 Å². The Bertz CT molecular complexity index is 269. The third-order valence-corrected chi connectivity index (χ3v) is 1.50. The Balaban J connectivity index is 2.94. The van der Waals surface area contributed by atoms with E-state index < -0.39 is 6.17 Å². The maximum atomic E-state index is 12.6. The zero-order valence-corrected chi connectivity index (χ0v) is 6.21. The van der Waals surface area contributed by atoms with Crippen molar-refractivity contribution in [1.29, 1.82) is 5.26 Å². The molecule has 0 aliphatic rings. The van der Waals surface area contributed by atoms with Crippen LogP contribution < -0.4 is 0 Å². The molecule has 0 heterocycles. The van der Waals surface area contributed by atoms with Crippen LogP contribution in [0.25, 0.3) is 0 Å². The highest BCUT2D eigenvalue weighted by molar-refractivity contribution is 5.32. The summed E-state index contributed by atoms with van der Waals surface area (Å²) in [6.45, 7) is 1.47. The van der Waals surface area contributed by atoms with E-state index in [-0.39, 0.29) is 0 Å². The van der Waals surface area contributed by atoms with E-state index in [0.29, 0.717) is 11.1 Å². The third kappa shape index (κ3) is 1.78. The maximum Gasteiger partial charge on any atom is 0.122 e. The van der Waals surface area contributed by atoms with Gasteiger partial charge < -0.3 is 0 Å². The third-order valence-electron chi connectivity index (χ3n) is 1.50. The number of hydrogen-bond donors (Lipinski definition) is 0. The van der Waals surface area contributed by atoms with Crippen LogP contribution in [0.2, 0.25) is 0 Å². The summed E-state index contributed by atoms with van der Waals surface area (Å²) in [4.78, 5) is 0. The highest BCUT2D eigenvalue weighted by Gasteiger charge is 2.00. The van der Waals surface area contributed by atoms with Gasteiger partial charge >= 0.3 is 0 Å². The van der Waals surface area contributed by atoms with E-state index in [1.165, 1.54) is 6.92 Å². The fraction of sp³-hybridized carbons (Fsp3) is 0.222. The molecule has 1 rings (SSSR count). The summed E-state index contributed by atoms with van der Waals surface area (Å²) in [5.74, 6) is 0. The lowest BCUT2D eigenvalue weighted by atomic mass is 10.1. The standard InChI is InChI=1S/C9H8FN/c1-7(10)9-4-2-8(6-11)3-5-9/h2-5,7H,1H3/t7-/m1/s1. The minimum Gasteiger partial charge on any atom is -0.243 e. The summed E-state index contributed by atoms with van der Waals surface area (Å²) in [5.41, 5.74) is 1.18. The summed E-state index contributed by atoms with van der Waals surface area (Å²) < 4.78 is 12.6. The molecule has 1 aromatic carbocycles. The van der Waals surface area contributed by atoms with Crippen LogP contribution in [0.4, 0.5) is 4.39 Å². The first-order chi connectivity index (χ1) is 5.24. The van der Waals surface area contributed by atoms with Crippen molar-refractivity contribution < 1.29 is 4.39 Å². The zero-order chi connectivity index (χ0) is 8.27. The van der Waals surface area contributed by atoms with Crippen molar-refractivity contribution in [3.05, 3.63) is 35.4 Å². The fourth-order valence-corrected chi connectivity index (χ4v) is 0.823. The van der Waals surface area contributed by atoms with Crippen LogP contribution in [0.15, 0.2) is 24.3 Å². The first-order valence-corrected chi connectivity index (χ1v) is 3.38. The molecule has 0 fully saturated rings. The van der Waals surface area contributed by atoms with Crippen LogP contribution in [0, 0.1) is 11.3 Å². The largest absolute Gasteiger partial charge is 0.243 e. The molecule has 0 aliphatic carbocycles. The average Bonchev–Trinajstić information content (AvgIpc) is 2.05. The highest BCUT2D eigenvalue weighted by Crippen LogP contribution is 2.15. The smallest absolute Gasteiger partial charge is 0.122 e. The predicted octanol–water partition coefficient (Wildman–Crippen LogP) is 2.59. The van der Waals surface area contributed by atoms with E-state index in [1.807, 2.05) is 6.07 Å². The number of alkyl halides is 1. The molecule has 0 aliphatic heterocycles. The Hall–Kier alpha value is -1.36. The maximum absolute atomic E-state index is 12.6. The molecule has 2 heteroatoms. The molecule has 1 nitrogen and oxygen atoms in total. The first-order valence-electron chi connectivity index (χ1n) is 3.38. The molecule has 0 aromatic heterocycles. The SMILES string of the molecule is C[C@@H](F)c1ccc(C#N)cc1. The molecule has 0 spiro atoms. The lowest BCUT2D eigenvalue weighted by Crippen LogP contribution is -1.84. The number of rotatable bonds is 1. The quantitative estimate of drug-likeness (QED) is 0.602. The minimum atomic E-state index is -0.956. The Kier molecular flexibility index (Phi) is 2.22. The Labute approximate surface area is 65.1 Å². The summed E-state index contributed by atoms with van der Waals surface area (Å²) in [5, 5.41) is 8.42. The Morgan fingerprint density at radius 1 is 1.36 bits per heavy atom. The van der Waals surface area contributed by atoms with Gasteiger partial charge in [-0.15, -0.1) is 0 Å². The molecule has 0 bridgehead atoms. The summed E-state index contributed by atoms with van der Waals surface area (Å²) in [7, 11) is 0. The summed E-state index contributed by atoms with van der Waals surface area (Å²) in [6.07, 6.45) is -0.956. The van der Waals surface area contributed by atoms with Gasteiger partial charge in [0.15, 0.2) is 0 Å². The van der Waals surface area contributed by atoms with E-state index in [0.717, 1.165) is 0 Å². The number of halogens is 1. The lowest BCUT2D eigenvalue weighted by molar-refractivity contribution is 0.374. The van der Waals surface area contributed by atoms with Gasteiger partial charge in [-0.2, -0.15) is 5.26 Å². The summed E-state index contributed by atoms with van der Waals surface area (Å²) >= 11 is 0.